The summed E-state index contributed by atoms with van der Waals surface area (Å²) >= 11 is 6.93. The highest BCUT2D eigenvalue weighted by Crippen LogP contribution is 2.24. The monoisotopic (exact) mass is 508 g/mol. The molecule has 1 saturated heterocycles. The van der Waals surface area contributed by atoms with Crippen molar-refractivity contribution in [2.24, 2.45) is 0 Å². The molecule has 1 aliphatic rings. The minimum absolute atomic E-state index is 0.0276. The van der Waals surface area contributed by atoms with Crippen LogP contribution >= 0.6 is 31.9 Å². The lowest BCUT2D eigenvalue weighted by atomic mass is 10.1. The fraction of sp³-hybridized carbons (Fsp3) is 0.318. The van der Waals surface area contributed by atoms with Crippen LogP contribution in [0.4, 0.5) is 4.39 Å². The van der Waals surface area contributed by atoms with Crippen LogP contribution < -0.4 is 0 Å². The van der Waals surface area contributed by atoms with Crippen LogP contribution in [0.25, 0.3) is 6.08 Å². The van der Waals surface area contributed by atoms with Gasteiger partial charge in [0.05, 0.1) is 0 Å². The van der Waals surface area contributed by atoms with Crippen molar-refractivity contribution in [3.8, 4) is 0 Å². The van der Waals surface area contributed by atoms with E-state index in [2.05, 4.69) is 50.6 Å². The minimum Gasteiger partial charge on any atom is -0.334 e. The molecule has 0 aliphatic carbocycles. The Kier molecular flexibility index (Phi) is 7.07. The minimum atomic E-state index is -0.217. The average Bonchev–Trinajstić information content (AvgIpc) is 2.67. The number of benzene rings is 2. The molecule has 0 aromatic heterocycles. The summed E-state index contributed by atoms with van der Waals surface area (Å²) in [5.74, 6) is -0.190. The summed E-state index contributed by atoms with van der Waals surface area (Å²) in [5, 5.41) is 0. The number of piperazine rings is 1. The SMILES string of the molecule is C[C@@H]1CN(C(=O)/C=C/c2ccc(Br)c(Br)c2)[C@@H](C)CN1Cc1ccc(F)cc1. The van der Waals surface area contributed by atoms with Crippen molar-refractivity contribution in [2.45, 2.75) is 32.5 Å². The van der Waals surface area contributed by atoms with Crippen LogP contribution in [-0.4, -0.2) is 40.9 Å². The fourth-order valence-electron chi connectivity index (χ4n) is 3.43. The van der Waals surface area contributed by atoms with E-state index < -0.39 is 0 Å². The van der Waals surface area contributed by atoms with Crippen LogP contribution in [0, 0.1) is 5.82 Å². The number of hydrogen-bond donors (Lipinski definition) is 0. The predicted molar refractivity (Wildman–Crippen MR) is 118 cm³/mol. The van der Waals surface area contributed by atoms with Gasteiger partial charge in [0.2, 0.25) is 5.91 Å². The Balaban J connectivity index is 1.62. The standard InChI is InChI=1S/C22H23Br2FN2O/c1-15-13-27(22(28)10-6-17-5-9-20(23)21(24)11-17)16(2)12-26(15)14-18-3-7-19(25)8-4-18/h3-11,15-16H,12-14H2,1-2H3/b10-6+/t15-,16+/m1/s1. The molecular weight excluding hydrogens is 487 g/mol. The third-order valence-electron chi connectivity index (χ3n) is 5.06. The Hall–Kier alpha value is -1.50. The van der Waals surface area contributed by atoms with Gasteiger partial charge in [0.25, 0.3) is 0 Å². The zero-order valence-electron chi connectivity index (χ0n) is 15.9. The number of hydrogen-bond acceptors (Lipinski definition) is 2. The van der Waals surface area contributed by atoms with E-state index in [4.69, 9.17) is 0 Å². The van der Waals surface area contributed by atoms with E-state index in [1.54, 1.807) is 6.08 Å². The first kappa shape index (κ1) is 21.2. The van der Waals surface area contributed by atoms with Gasteiger partial charge in [-0.15, -0.1) is 0 Å². The second kappa shape index (κ2) is 9.33. The fourth-order valence-corrected chi connectivity index (χ4v) is 4.07. The molecule has 0 radical (unpaired) electrons. The molecule has 3 rings (SSSR count). The van der Waals surface area contributed by atoms with Crippen molar-refractivity contribution in [1.29, 1.82) is 0 Å². The van der Waals surface area contributed by atoms with Crippen LogP contribution in [-0.2, 0) is 11.3 Å². The predicted octanol–water partition coefficient (Wildman–Crippen LogP) is 5.49. The Labute approximate surface area is 182 Å². The zero-order valence-corrected chi connectivity index (χ0v) is 19.1. The Bertz CT molecular complexity index is 869. The molecule has 2 aromatic rings. The summed E-state index contributed by atoms with van der Waals surface area (Å²) in [6.07, 6.45) is 3.50. The largest absolute Gasteiger partial charge is 0.334 e. The van der Waals surface area contributed by atoms with E-state index in [0.717, 1.165) is 33.2 Å². The van der Waals surface area contributed by atoms with Crippen molar-refractivity contribution in [2.75, 3.05) is 13.1 Å². The molecule has 28 heavy (non-hydrogen) atoms. The number of carbonyl (C=O) groups excluding carboxylic acids is 1. The molecule has 3 nitrogen and oxygen atoms in total. The topological polar surface area (TPSA) is 23.6 Å². The van der Waals surface area contributed by atoms with Gasteiger partial charge >= 0.3 is 0 Å². The van der Waals surface area contributed by atoms with E-state index in [1.165, 1.54) is 12.1 Å². The van der Waals surface area contributed by atoms with Crippen LogP contribution in [0.2, 0.25) is 0 Å². The van der Waals surface area contributed by atoms with E-state index in [-0.39, 0.29) is 23.8 Å². The lowest BCUT2D eigenvalue weighted by molar-refractivity contribution is -0.131. The second-order valence-electron chi connectivity index (χ2n) is 7.25. The second-order valence-corrected chi connectivity index (χ2v) is 8.96. The highest BCUT2D eigenvalue weighted by atomic mass is 79.9. The van der Waals surface area contributed by atoms with Crippen LogP contribution in [0.5, 0.6) is 0 Å². The van der Waals surface area contributed by atoms with Crippen LogP contribution in [0.15, 0.2) is 57.5 Å². The molecule has 1 heterocycles. The van der Waals surface area contributed by atoms with Gasteiger partial charge < -0.3 is 4.90 Å². The van der Waals surface area contributed by atoms with Gasteiger partial charge in [0.15, 0.2) is 0 Å². The molecule has 148 valence electrons. The molecule has 1 fully saturated rings. The number of rotatable bonds is 4. The van der Waals surface area contributed by atoms with Gasteiger partial charge in [-0.3, -0.25) is 9.69 Å². The number of nitrogens with zero attached hydrogens (tertiary/aromatic N) is 2. The highest BCUT2D eigenvalue weighted by molar-refractivity contribution is 9.13. The van der Waals surface area contributed by atoms with Crippen molar-refractivity contribution in [1.82, 2.24) is 9.80 Å². The maximum atomic E-state index is 13.1. The molecule has 0 N–H and O–H groups in total. The van der Waals surface area contributed by atoms with Crippen molar-refractivity contribution < 1.29 is 9.18 Å². The molecule has 0 bridgehead atoms. The van der Waals surface area contributed by atoms with E-state index in [0.29, 0.717) is 6.54 Å². The van der Waals surface area contributed by atoms with E-state index in [1.807, 2.05) is 41.3 Å². The summed E-state index contributed by atoms with van der Waals surface area (Å²) in [6.45, 7) is 6.44. The summed E-state index contributed by atoms with van der Waals surface area (Å²) in [7, 11) is 0. The van der Waals surface area contributed by atoms with E-state index >= 15 is 0 Å². The average molecular weight is 510 g/mol. The summed E-state index contributed by atoms with van der Waals surface area (Å²) in [6, 6.07) is 12.9. The van der Waals surface area contributed by atoms with Gasteiger partial charge in [-0.2, -0.15) is 0 Å². The first-order valence-corrected chi connectivity index (χ1v) is 10.8. The number of amides is 1. The molecule has 6 heteroatoms. The lowest BCUT2D eigenvalue weighted by Crippen LogP contribution is -2.57. The smallest absolute Gasteiger partial charge is 0.246 e. The van der Waals surface area contributed by atoms with Gasteiger partial charge in [0.1, 0.15) is 5.82 Å². The third-order valence-corrected chi connectivity index (χ3v) is 6.94. The van der Waals surface area contributed by atoms with Crippen molar-refractivity contribution in [3.05, 3.63) is 74.4 Å². The van der Waals surface area contributed by atoms with Gasteiger partial charge in [-0.25, -0.2) is 4.39 Å². The highest BCUT2D eigenvalue weighted by Gasteiger charge is 2.30. The quantitative estimate of drug-likeness (QED) is 0.509. The van der Waals surface area contributed by atoms with Crippen molar-refractivity contribution >= 4 is 43.8 Å². The first-order chi connectivity index (χ1) is 13.3. The van der Waals surface area contributed by atoms with Crippen molar-refractivity contribution in [3.63, 3.8) is 0 Å². The molecular formula is C22H23Br2FN2O. The molecule has 1 amide bonds. The Morgan fingerprint density at radius 2 is 1.79 bits per heavy atom. The maximum absolute atomic E-state index is 13.1. The molecule has 2 atom stereocenters. The molecule has 0 spiro atoms. The Morgan fingerprint density at radius 3 is 2.46 bits per heavy atom. The van der Waals surface area contributed by atoms with Gasteiger partial charge in [-0.05, 0) is 87.2 Å². The van der Waals surface area contributed by atoms with Crippen LogP contribution in [0.1, 0.15) is 25.0 Å². The molecule has 0 saturated carbocycles. The van der Waals surface area contributed by atoms with Gasteiger partial charge in [-0.1, -0.05) is 18.2 Å². The number of halogens is 3. The lowest BCUT2D eigenvalue weighted by Gasteiger charge is -2.44. The van der Waals surface area contributed by atoms with Crippen LogP contribution in [0.3, 0.4) is 0 Å². The Morgan fingerprint density at radius 1 is 1.07 bits per heavy atom. The zero-order chi connectivity index (χ0) is 20.3. The third kappa shape index (κ3) is 5.31. The maximum Gasteiger partial charge on any atom is 0.246 e. The first-order valence-electron chi connectivity index (χ1n) is 9.25. The summed E-state index contributed by atoms with van der Waals surface area (Å²) < 4.78 is 15.1. The molecule has 0 unspecified atom stereocenters. The molecule has 1 aliphatic heterocycles. The van der Waals surface area contributed by atoms with E-state index in [9.17, 15) is 9.18 Å². The van der Waals surface area contributed by atoms with Gasteiger partial charge in [0, 0.05) is 46.7 Å². The summed E-state index contributed by atoms with van der Waals surface area (Å²) in [4.78, 5) is 17.0. The normalized spacial score (nSPS) is 20.7. The number of carbonyl (C=O) groups is 1. The summed E-state index contributed by atoms with van der Waals surface area (Å²) in [5.41, 5.74) is 2.06. The molecule has 2 aromatic carbocycles.